The minimum atomic E-state index is 1.14. The van der Waals surface area contributed by atoms with Crippen molar-refractivity contribution in [3.63, 3.8) is 0 Å². The second-order valence-electron chi connectivity index (χ2n) is 2.92. The van der Waals surface area contributed by atoms with Gasteiger partial charge in [0.05, 0.1) is 6.20 Å². The average molecular weight is 152 g/mol. The monoisotopic (exact) mass is 152 g/mol. The van der Waals surface area contributed by atoms with Crippen molar-refractivity contribution in [3.05, 3.63) is 42.7 Å². The lowest BCUT2D eigenvalue weighted by Gasteiger charge is -2.03. The fraction of sp³-hybridized carbons (Fsp3) is 0. The summed E-state index contributed by atoms with van der Waals surface area (Å²) in [4.78, 5) is 3.99. The molecule has 4 aromatic rings. The quantitative estimate of drug-likeness (QED) is 0.482. The molecule has 3 aromatic carbocycles. The van der Waals surface area contributed by atoms with Gasteiger partial charge in [-0.3, -0.25) is 4.98 Å². The Hall–Kier alpha value is -1.63. The van der Waals surface area contributed by atoms with Crippen LogP contribution in [0.25, 0.3) is 21.5 Å². The van der Waals surface area contributed by atoms with Crippen LogP contribution in [0.5, 0.6) is 0 Å². The molecule has 2 bridgehead atoms. The molecule has 1 aromatic heterocycles. The molecule has 55 valence electrons. The molecule has 1 heterocycles. The lowest BCUT2D eigenvalue weighted by atomic mass is 10.0. The van der Waals surface area contributed by atoms with Crippen molar-refractivity contribution in [1.82, 2.24) is 4.98 Å². The van der Waals surface area contributed by atoms with E-state index in [1.165, 1.54) is 16.2 Å². The molecule has 12 heavy (non-hydrogen) atoms. The molecular formula is C11H6N. The van der Waals surface area contributed by atoms with Crippen LogP contribution in [-0.2, 0) is 0 Å². The highest BCUT2D eigenvalue weighted by atomic mass is 14.6. The molecule has 1 nitrogen and oxygen atoms in total. The topological polar surface area (TPSA) is 12.9 Å². The van der Waals surface area contributed by atoms with Gasteiger partial charge >= 0.3 is 0 Å². The fourth-order valence-electron chi connectivity index (χ4n) is 1.63. The first-order valence-corrected chi connectivity index (χ1v) is 3.93. The van der Waals surface area contributed by atoms with E-state index in [0.29, 0.717) is 0 Å². The highest BCUT2D eigenvalue weighted by molar-refractivity contribution is 6.08. The Balaban J connectivity index is 2.75. The van der Waals surface area contributed by atoms with Crippen molar-refractivity contribution < 1.29 is 0 Å². The van der Waals surface area contributed by atoms with Gasteiger partial charge in [0.1, 0.15) is 0 Å². The molecule has 1 radical (unpaired) electrons. The van der Waals surface area contributed by atoms with E-state index >= 15 is 0 Å². The van der Waals surface area contributed by atoms with E-state index in [0.717, 1.165) is 5.39 Å². The van der Waals surface area contributed by atoms with Crippen molar-refractivity contribution in [2.75, 3.05) is 0 Å². The molecule has 0 aliphatic carbocycles. The Morgan fingerprint density at radius 1 is 0.917 bits per heavy atom. The summed E-state index contributed by atoms with van der Waals surface area (Å²) in [5, 5.41) is 4.87. The molecule has 0 fully saturated rings. The number of rotatable bonds is 0. The maximum atomic E-state index is 3.99. The third-order valence-electron chi connectivity index (χ3n) is 2.25. The molecular weight excluding hydrogens is 146 g/mol. The maximum Gasteiger partial charge on any atom is 0.0977 e. The zero-order chi connectivity index (χ0) is 7.97. The van der Waals surface area contributed by atoms with E-state index in [1.54, 1.807) is 6.20 Å². The normalized spacial score (nSPS) is 11.3. The van der Waals surface area contributed by atoms with E-state index in [2.05, 4.69) is 35.4 Å². The first-order valence-electron chi connectivity index (χ1n) is 3.93. The number of pyridine rings is 1. The molecule has 0 atom stereocenters. The van der Waals surface area contributed by atoms with E-state index in [1.807, 2.05) is 6.07 Å². The summed E-state index contributed by atoms with van der Waals surface area (Å²) in [6, 6.07) is 10.5. The van der Waals surface area contributed by atoms with Gasteiger partial charge in [-0.1, -0.05) is 24.3 Å². The Morgan fingerprint density at radius 3 is 2.42 bits per heavy atom. The molecule has 0 spiro atoms. The summed E-state index contributed by atoms with van der Waals surface area (Å²) < 4.78 is 0. The van der Waals surface area contributed by atoms with Crippen molar-refractivity contribution in [3.8, 4) is 0 Å². The summed E-state index contributed by atoms with van der Waals surface area (Å²) >= 11 is 0. The highest BCUT2D eigenvalue weighted by Gasteiger charge is 2.00. The Kier molecular flexibility index (Phi) is 0.965. The van der Waals surface area contributed by atoms with Crippen molar-refractivity contribution in [1.29, 1.82) is 0 Å². The van der Waals surface area contributed by atoms with Gasteiger partial charge in [0.25, 0.3) is 0 Å². The zero-order valence-corrected chi connectivity index (χ0v) is 6.41. The van der Waals surface area contributed by atoms with Crippen molar-refractivity contribution in [2.24, 2.45) is 0 Å². The number of nitrogens with zero attached hydrogens (tertiary/aromatic N) is 1. The lowest BCUT2D eigenvalue weighted by molar-refractivity contribution is 1.35. The van der Waals surface area contributed by atoms with Crippen LogP contribution in [0.1, 0.15) is 0 Å². The van der Waals surface area contributed by atoms with Gasteiger partial charge in [0.2, 0.25) is 0 Å². The second-order valence-corrected chi connectivity index (χ2v) is 2.92. The molecule has 0 saturated carbocycles. The largest absolute Gasteiger partial charge is 0.254 e. The van der Waals surface area contributed by atoms with Crippen LogP contribution in [-0.4, -0.2) is 4.98 Å². The van der Waals surface area contributed by atoms with Crippen LogP contribution >= 0.6 is 0 Å². The molecule has 0 N–H and O–H groups in total. The van der Waals surface area contributed by atoms with Gasteiger partial charge in [0, 0.05) is 11.6 Å². The van der Waals surface area contributed by atoms with Gasteiger partial charge in [-0.25, -0.2) is 0 Å². The van der Waals surface area contributed by atoms with Crippen LogP contribution in [0.4, 0.5) is 0 Å². The summed E-state index contributed by atoms with van der Waals surface area (Å²) in [5.41, 5.74) is 0. The fourth-order valence-corrected chi connectivity index (χ4v) is 1.63. The van der Waals surface area contributed by atoms with E-state index < -0.39 is 0 Å². The van der Waals surface area contributed by atoms with E-state index in [-0.39, 0.29) is 0 Å². The number of fused-ring (bicyclic) bond motifs is 2. The first-order chi connectivity index (χ1) is 5.95. The van der Waals surface area contributed by atoms with Crippen LogP contribution in [0.3, 0.4) is 0 Å². The zero-order valence-electron chi connectivity index (χ0n) is 6.41. The SMILES string of the molecule is [c]1nccc2c3ccc(cc3)c12. The molecule has 0 amide bonds. The molecule has 0 unspecified atom stereocenters. The summed E-state index contributed by atoms with van der Waals surface area (Å²) in [6.07, 6.45) is 4.80. The predicted octanol–water partition coefficient (Wildman–Crippen LogP) is 2.63. The van der Waals surface area contributed by atoms with Crippen LogP contribution in [0.2, 0.25) is 0 Å². The second kappa shape index (κ2) is 1.95. The summed E-state index contributed by atoms with van der Waals surface area (Å²) in [6.45, 7) is 0. The molecule has 0 aliphatic heterocycles. The van der Waals surface area contributed by atoms with Gasteiger partial charge in [-0.05, 0) is 22.2 Å². The summed E-state index contributed by atoms with van der Waals surface area (Å²) in [7, 11) is 0. The highest BCUT2D eigenvalue weighted by Crippen LogP contribution is 2.25. The van der Waals surface area contributed by atoms with E-state index in [9.17, 15) is 0 Å². The third kappa shape index (κ3) is 0.607. The Morgan fingerprint density at radius 2 is 1.67 bits per heavy atom. The molecule has 0 aliphatic rings. The van der Waals surface area contributed by atoms with Crippen LogP contribution < -0.4 is 0 Å². The number of hydrogen-bond acceptors (Lipinski definition) is 1. The van der Waals surface area contributed by atoms with Crippen molar-refractivity contribution >= 4 is 21.5 Å². The molecule has 4 rings (SSSR count). The number of aromatic nitrogens is 1. The molecule has 0 saturated heterocycles. The van der Waals surface area contributed by atoms with Gasteiger partial charge in [-0.15, -0.1) is 0 Å². The third-order valence-corrected chi connectivity index (χ3v) is 2.25. The van der Waals surface area contributed by atoms with Crippen LogP contribution in [0.15, 0.2) is 36.5 Å². The Labute approximate surface area is 70.0 Å². The van der Waals surface area contributed by atoms with Gasteiger partial charge in [0.15, 0.2) is 0 Å². The number of hydrogen-bond donors (Lipinski definition) is 0. The van der Waals surface area contributed by atoms with Crippen LogP contribution in [0, 0.1) is 6.20 Å². The standard InChI is InChI=1S/C11H6N/c1-3-9-4-2-8(1)10-5-6-12-7-11(9)10/h1-6H. The lowest BCUT2D eigenvalue weighted by Crippen LogP contribution is -1.80. The minimum Gasteiger partial charge on any atom is -0.254 e. The maximum absolute atomic E-state index is 3.99. The average Bonchev–Trinajstić information content (AvgIpc) is 2.20. The Bertz CT molecular complexity index is 459. The first kappa shape index (κ1) is 5.95. The van der Waals surface area contributed by atoms with Gasteiger partial charge < -0.3 is 0 Å². The van der Waals surface area contributed by atoms with Gasteiger partial charge in [-0.2, -0.15) is 0 Å². The molecule has 1 heteroatoms. The number of benzene rings is 3. The van der Waals surface area contributed by atoms with E-state index in [4.69, 9.17) is 0 Å². The smallest absolute Gasteiger partial charge is 0.0977 e. The predicted molar refractivity (Wildman–Crippen MR) is 49.3 cm³/mol. The minimum absolute atomic E-state index is 1.14. The van der Waals surface area contributed by atoms with Crippen molar-refractivity contribution in [2.45, 2.75) is 0 Å². The summed E-state index contributed by atoms with van der Waals surface area (Å²) in [5.74, 6) is 0.